The third kappa shape index (κ3) is 3.44. The molecule has 7 heteroatoms. The van der Waals surface area contributed by atoms with E-state index in [2.05, 4.69) is 17.2 Å². The third-order valence-corrected chi connectivity index (χ3v) is 3.38. The molecule has 1 aromatic heterocycles. The smallest absolute Gasteiger partial charge is 0.255 e. The van der Waals surface area contributed by atoms with Crippen molar-refractivity contribution in [3.63, 3.8) is 0 Å². The Morgan fingerprint density at radius 2 is 2.10 bits per heavy atom. The minimum Gasteiger partial charge on any atom is -0.395 e. The number of nitrogens with one attached hydrogen (secondary N) is 1. The van der Waals surface area contributed by atoms with E-state index < -0.39 is 11.8 Å². The van der Waals surface area contributed by atoms with Gasteiger partial charge in [-0.05, 0) is 6.07 Å². The van der Waals surface area contributed by atoms with Gasteiger partial charge in [0.15, 0.2) is 0 Å². The number of thiophene rings is 1. The molecule has 1 fully saturated rings. The maximum absolute atomic E-state index is 12.1. The monoisotopic (exact) mass is 292 g/mol. The second kappa shape index (κ2) is 6.32. The molecule has 1 aromatic rings. The van der Waals surface area contributed by atoms with Crippen molar-refractivity contribution in [1.82, 2.24) is 10.2 Å². The summed E-state index contributed by atoms with van der Waals surface area (Å²) in [5, 5.41) is 12.4. The van der Waals surface area contributed by atoms with Crippen LogP contribution in [-0.2, 0) is 9.59 Å². The van der Waals surface area contributed by atoms with Crippen molar-refractivity contribution in [2.24, 2.45) is 0 Å². The van der Waals surface area contributed by atoms with Crippen LogP contribution in [0.1, 0.15) is 21.7 Å². The van der Waals surface area contributed by atoms with Crippen molar-refractivity contribution < 1.29 is 19.5 Å². The number of imide groups is 1. The Balaban J connectivity index is 2.08. The number of rotatable bonds is 2. The Morgan fingerprint density at radius 1 is 1.40 bits per heavy atom. The Kier molecular flexibility index (Phi) is 4.50. The van der Waals surface area contributed by atoms with Gasteiger partial charge in [0.05, 0.1) is 17.0 Å². The molecular weight excluding hydrogens is 280 g/mol. The predicted octanol–water partition coefficient (Wildman–Crippen LogP) is -0.419. The van der Waals surface area contributed by atoms with Gasteiger partial charge in [-0.15, -0.1) is 11.3 Å². The van der Waals surface area contributed by atoms with Crippen LogP contribution in [-0.4, -0.2) is 47.4 Å². The van der Waals surface area contributed by atoms with Gasteiger partial charge >= 0.3 is 0 Å². The van der Waals surface area contributed by atoms with Gasteiger partial charge in [0.2, 0.25) is 11.8 Å². The van der Waals surface area contributed by atoms with Gasteiger partial charge in [0, 0.05) is 11.8 Å². The molecule has 6 nitrogen and oxygen atoms in total. The van der Waals surface area contributed by atoms with Crippen molar-refractivity contribution in [3.8, 4) is 11.8 Å². The van der Waals surface area contributed by atoms with Gasteiger partial charge in [0.1, 0.15) is 13.1 Å². The number of aliphatic hydroxyl groups excluding tert-OH is 1. The van der Waals surface area contributed by atoms with E-state index in [4.69, 9.17) is 5.11 Å². The lowest BCUT2D eigenvalue weighted by atomic mass is 10.2. The highest BCUT2D eigenvalue weighted by Gasteiger charge is 2.27. The third-order valence-electron chi connectivity index (χ3n) is 2.53. The fourth-order valence-corrected chi connectivity index (χ4v) is 2.43. The van der Waals surface area contributed by atoms with Crippen molar-refractivity contribution in [3.05, 3.63) is 21.9 Å². The average Bonchev–Trinajstić information content (AvgIpc) is 2.86. The van der Waals surface area contributed by atoms with Crippen LogP contribution >= 0.6 is 11.3 Å². The quantitative estimate of drug-likeness (QED) is 0.572. The van der Waals surface area contributed by atoms with E-state index in [9.17, 15) is 14.4 Å². The van der Waals surface area contributed by atoms with Crippen LogP contribution in [0, 0.1) is 11.8 Å². The number of aliphatic hydroxyl groups is 1. The number of hydrogen-bond acceptors (Lipinski definition) is 5. The van der Waals surface area contributed by atoms with Crippen LogP contribution in [0.3, 0.4) is 0 Å². The second-order valence-electron chi connectivity index (χ2n) is 4.11. The molecule has 0 bridgehead atoms. The number of hydrogen-bond donors (Lipinski definition) is 2. The number of amides is 3. The van der Waals surface area contributed by atoms with Crippen LogP contribution in [0.15, 0.2) is 11.4 Å². The molecule has 0 aliphatic carbocycles. The molecule has 104 valence electrons. The number of carbonyl (C=O) groups is 3. The number of nitrogens with zero attached hydrogens (tertiary/aromatic N) is 1. The first-order valence-electron chi connectivity index (χ1n) is 5.90. The van der Waals surface area contributed by atoms with Crippen LogP contribution < -0.4 is 5.32 Å². The zero-order valence-corrected chi connectivity index (χ0v) is 11.3. The summed E-state index contributed by atoms with van der Waals surface area (Å²) in [6.07, 6.45) is 0.377. The first-order valence-corrected chi connectivity index (χ1v) is 6.78. The molecule has 2 rings (SSSR count). The molecule has 1 aliphatic heterocycles. The summed E-state index contributed by atoms with van der Waals surface area (Å²) in [6, 6.07) is 1.62. The fourth-order valence-electron chi connectivity index (χ4n) is 1.68. The van der Waals surface area contributed by atoms with Gasteiger partial charge in [-0.25, -0.2) is 0 Å². The zero-order chi connectivity index (χ0) is 14.5. The van der Waals surface area contributed by atoms with E-state index in [0.29, 0.717) is 16.9 Å². The predicted molar refractivity (Wildman–Crippen MR) is 72.0 cm³/mol. The minimum absolute atomic E-state index is 0.00480. The van der Waals surface area contributed by atoms with Crippen LogP contribution in [0.4, 0.5) is 0 Å². The molecule has 0 unspecified atom stereocenters. The van der Waals surface area contributed by atoms with Crippen LogP contribution in [0.2, 0.25) is 0 Å². The van der Waals surface area contributed by atoms with Crippen molar-refractivity contribution in [2.45, 2.75) is 6.42 Å². The summed E-state index contributed by atoms with van der Waals surface area (Å²) in [5.41, 5.74) is 0.408. The molecule has 0 spiro atoms. The summed E-state index contributed by atoms with van der Waals surface area (Å²) >= 11 is 1.31. The SMILES string of the molecule is O=C1CN(C(=O)c2csc(C#CCCO)c2)CC(=O)N1. The molecule has 20 heavy (non-hydrogen) atoms. The normalized spacial score (nSPS) is 14.6. The van der Waals surface area contributed by atoms with Gasteiger partial charge in [-0.3, -0.25) is 19.7 Å². The highest BCUT2D eigenvalue weighted by molar-refractivity contribution is 7.10. The zero-order valence-electron chi connectivity index (χ0n) is 10.5. The highest BCUT2D eigenvalue weighted by atomic mass is 32.1. The first kappa shape index (κ1) is 14.2. The summed E-state index contributed by atoms with van der Waals surface area (Å²) in [6.45, 7) is -0.243. The van der Waals surface area contributed by atoms with Gasteiger partial charge < -0.3 is 10.0 Å². The van der Waals surface area contributed by atoms with Gasteiger partial charge in [-0.1, -0.05) is 11.8 Å². The summed E-state index contributed by atoms with van der Waals surface area (Å²) < 4.78 is 0. The molecule has 0 radical (unpaired) electrons. The lowest BCUT2D eigenvalue weighted by molar-refractivity contribution is -0.135. The van der Waals surface area contributed by atoms with Crippen LogP contribution in [0.25, 0.3) is 0 Å². The lowest BCUT2D eigenvalue weighted by Gasteiger charge is -2.24. The highest BCUT2D eigenvalue weighted by Crippen LogP contribution is 2.16. The molecule has 2 N–H and O–H groups in total. The van der Waals surface area contributed by atoms with E-state index >= 15 is 0 Å². The lowest BCUT2D eigenvalue weighted by Crippen LogP contribution is -2.53. The molecule has 0 aromatic carbocycles. The van der Waals surface area contributed by atoms with Crippen molar-refractivity contribution in [1.29, 1.82) is 0 Å². The number of carbonyl (C=O) groups excluding carboxylic acids is 3. The number of piperazine rings is 1. The molecule has 1 saturated heterocycles. The van der Waals surface area contributed by atoms with E-state index in [-0.39, 0.29) is 25.6 Å². The summed E-state index contributed by atoms with van der Waals surface area (Å²) in [5.74, 6) is 4.28. The molecule has 3 amide bonds. The largest absolute Gasteiger partial charge is 0.395 e. The van der Waals surface area contributed by atoms with Crippen LogP contribution in [0.5, 0.6) is 0 Å². The Labute approximate surface area is 119 Å². The molecule has 1 aliphatic rings. The summed E-state index contributed by atoms with van der Waals surface area (Å²) in [7, 11) is 0. The Bertz CT molecular complexity index is 595. The standard InChI is InChI=1S/C13H12N2O4S/c16-4-2-1-3-10-5-9(8-20-10)13(19)15-6-11(17)14-12(18)7-15/h5,8,16H,2,4,6-7H2,(H,14,17,18). The van der Waals surface area contributed by atoms with E-state index in [1.54, 1.807) is 11.4 Å². The average molecular weight is 292 g/mol. The Hall–Kier alpha value is -2.17. The minimum atomic E-state index is -0.479. The topological polar surface area (TPSA) is 86.7 Å². The molecule has 0 saturated carbocycles. The molecule has 2 heterocycles. The maximum atomic E-state index is 12.1. The molecule has 0 atom stereocenters. The van der Waals surface area contributed by atoms with E-state index in [0.717, 1.165) is 0 Å². The Morgan fingerprint density at radius 3 is 2.75 bits per heavy atom. The van der Waals surface area contributed by atoms with Crippen molar-refractivity contribution >= 4 is 29.1 Å². The first-order chi connectivity index (χ1) is 9.60. The van der Waals surface area contributed by atoms with E-state index in [1.165, 1.54) is 16.2 Å². The van der Waals surface area contributed by atoms with Gasteiger partial charge in [-0.2, -0.15) is 0 Å². The molecular formula is C13H12N2O4S. The van der Waals surface area contributed by atoms with E-state index in [1.807, 2.05) is 0 Å². The fraction of sp³-hybridized carbons (Fsp3) is 0.308. The van der Waals surface area contributed by atoms with Crippen molar-refractivity contribution in [2.75, 3.05) is 19.7 Å². The summed E-state index contributed by atoms with van der Waals surface area (Å²) in [4.78, 5) is 36.5. The van der Waals surface area contributed by atoms with Gasteiger partial charge in [0.25, 0.3) is 5.91 Å². The maximum Gasteiger partial charge on any atom is 0.255 e. The second-order valence-corrected chi connectivity index (χ2v) is 5.02.